The summed E-state index contributed by atoms with van der Waals surface area (Å²) in [5.41, 5.74) is 1.09. The van der Waals surface area contributed by atoms with E-state index < -0.39 is 5.97 Å². The van der Waals surface area contributed by atoms with Gasteiger partial charge in [-0.1, -0.05) is 42.5 Å². The first kappa shape index (κ1) is 18.0. The van der Waals surface area contributed by atoms with Gasteiger partial charge in [-0.2, -0.15) is 0 Å². The Bertz CT molecular complexity index is 557. The summed E-state index contributed by atoms with van der Waals surface area (Å²) in [5, 5.41) is 14.8. The molecule has 3 N–H and O–H groups in total. The Kier molecular flexibility index (Phi) is 7.33. The van der Waals surface area contributed by atoms with Gasteiger partial charge < -0.3 is 15.7 Å². The highest BCUT2D eigenvalue weighted by atomic mass is 16.4. The largest absolute Gasteiger partial charge is 0.481 e. The molecule has 0 bridgehead atoms. The molecular formula is C19H26N2O3. The summed E-state index contributed by atoms with van der Waals surface area (Å²) < 4.78 is 0. The third-order valence-electron chi connectivity index (χ3n) is 4.30. The van der Waals surface area contributed by atoms with Crippen LogP contribution in [-0.4, -0.2) is 29.7 Å². The fourth-order valence-electron chi connectivity index (χ4n) is 2.94. The molecule has 0 radical (unpaired) electrons. The van der Waals surface area contributed by atoms with Crippen molar-refractivity contribution >= 4 is 12.0 Å². The number of aliphatic carboxylic acids is 1. The highest BCUT2D eigenvalue weighted by Gasteiger charge is 2.16. The van der Waals surface area contributed by atoms with Gasteiger partial charge in [0.25, 0.3) is 0 Å². The van der Waals surface area contributed by atoms with Crippen molar-refractivity contribution < 1.29 is 14.7 Å². The molecule has 1 aliphatic carbocycles. The molecule has 2 amide bonds. The van der Waals surface area contributed by atoms with Crippen LogP contribution >= 0.6 is 0 Å². The van der Waals surface area contributed by atoms with E-state index >= 15 is 0 Å². The van der Waals surface area contributed by atoms with Gasteiger partial charge in [0.2, 0.25) is 0 Å². The quantitative estimate of drug-likeness (QED) is 0.641. The maximum atomic E-state index is 12.1. The van der Waals surface area contributed by atoms with Gasteiger partial charge in [-0.25, -0.2) is 4.79 Å². The van der Waals surface area contributed by atoms with Crippen molar-refractivity contribution in [3.8, 4) is 0 Å². The molecule has 1 aromatic rings. The number of carbonyl (C=O) groups excluding carboxylic acids is 1. The van der Waals surface area contributed by atoms with Gasteiger partial charge in [-0.05, 0) is 43.6 Å². The van der Waals surface area contributed by atoms with E-state index in [1.165, 1.54) is 0 Å². The number of allylic oxidation sites excluding steroid dienone is 2. The summed E-state index contributed by atoms with van der Waals surface area (Å²) in [6, 6.07) is 9.41. The topological polar surface area (TPSA) is 78.4 Å². The van der Waals surface area contributed by atoms with Crippen molar-refractivity contribution in [2.24, 2.45) is 5.92 Å². The van der Waals surface area contributed by atoms with Crippen molar-refractivity contribution in [2.45, 2.75) is 44.6 Å². The number of carbonyl (C=O) groups is 2. The van der Waals surface area contributed by atoms with Gasteiger partial charge >= 0.3 is 12.0 Å². The molecular weight excluding hydrogens is 304 g/mol. The first-order valence-corrected chi connectivity index (χ1v) is 8.58. The van der Waals surface area contributed by atoms with Crippen LogP contribution in [0.5, 0.6) is 0 Å². The second-order valence-electron chi connectivity index (χ2n) is 6.32. The number of carboxylic acids is 1. The van der Waals surface area contributed by atoms with Gasteiger partial charge in [-0.3, -0.25) is 4.79 Å². The van der Waals surface area contributed by atoms with E-state index in [1.54, 1.807) is 0 Å². The standard InChI is InChI=1S/C19H26N2O3/c22-18(23)12-11-17(13-15-7-3-1-4-8-15)21-19(24)20-14-16-9-5-2-6-10-16/h1-5,7-8,16-17H,6,9-14H2,(H,22,23)(H2,20,21,24). The second kappa shape index (κ2) is 9.75. The van der Waals surface area contributed by atoms with Crippen molar-refractivity contribution in [1.82, 2.24) is 10.6 Å². The van der Waals surface area contributed by atoms with Crippen LogP contribution in [0.3, 0.4) is 0 Å². The highest BCUT2D eigenvalue weighted by molar-refractivity contribution is 5.74. The fourth-order valence-corrected chi connectivity index (χ4v) is 2.94. The minimum atomic E-state index is -0.843. The lowest BCUT2D eigenvalue weighted by Crippen LogP contribution is -2.44. The monoisotopic (exact) mass is 330 g/mol. The smallest absolute Gasteiger partial charge is 0.315 e. The van der Waals surface area contributed by atoms with Crippen LogP contribution in [-0.2, 0) is 11.2 Å². The summed E-state index contributed by atoms with van der Waals surface area (Å²) in [7, 11) is 0. The lowest BCUT2D eigenvalue weighted by molar-refractivity contribution is -0.137. The third kappa shape index (κ3) is 6.86. The van der Waals surface area contributed by atoms with E-state index in [9.17, 15) is 9.59 Å². The molecule has 0 aromatic heterocycles. The number of urea groups is 1. The Balaban J connectivity index is 1.82. The Morgan fingerprint density at radius 1 is 1.21 bits per heavy atom. The molecule has 2 unspecified atom stereocenters. The second-order valence-corrected chi connectivity index (χ2v) is 6.32. The summed E-state index contributed by atoms with van der Waals surface area (Å²) in [6.07, 6.45) is 8.62. The van der Waals surface area contributed by atoms with Crippen LogP contribution in [0.2, 0.25) is 0 Å². The Morgan fingerprint density at radius 2 is 2.00 bits per heavy atom. The van der Waals surface area contributed by atoms with Crippen molar-refractivity contribution in [3.63, 3.8) is 0 Å². The van der Waals surface area contributed by atoms with Gasteiger partial charge in [0.15, 0.2) is 0 Å². The van der Waals surface area contributed by atoms with Crippen LogP contribution in [0.1, 0.15) is 37.7 Å². The first-order chi connectivity index (χ1) is 11.6. The lowest BCUT2D eigenvalue weighted by atomic mass is 9.94. The normalized spacial score (nSPS) is 17.9. The number of hydrogen-bond donors (Lipinski definition) is 3. The minimum absolute atomic E-state index is 0.0468. The van der Waals surface area contributed by atoms with Crippen LogP contribution in [0, 0.1) is 5.92 Å². The average Bonchev–Trinajstić information content (AvgIpc) is 2.60. The molecule has 24 heavy (non-hydrogen) atoms. The molecule has 5 heteroatoms. The Morgan fingerprint density at radius 3 is 2.67 bits per heavy atom. The van der Waals surface area contributed by atoms with Crippen LogP contribution in [0.25, 0.3) is 0 Å². The fraction of sp³-hybridized carbons (Fsp3) is 0.474. The molecule has 2 rings (SSSR count). The van der Waals surface area contributed by atoms with Crippen LogP contribution in [0.15, 0.2) is 42.5 Å². The summed E-state index contributed by atoms with van der Waals surface area (Å²) in [5.74, 6) is -0.350. The van der Waals surface area contributed by atoms with Gasteiger partial charge in [0, 0.05) is 19.0 Å². The molecule has 0 fully saturated rings. The van der Waals surface area contributed by atoms with Crippen molar-refractivity contribution in [3.05, 3.63) is 48.0 Å². The van der Waals surface area contributed by atoms with E-state index in [1.807, 2.05) is 30.3 Å². The molecule has 0 saturated carbocycles. The number of carboxylic acid groups (broad SMARTS) is 1. The number of hydrogen-bond acceptors (Lipinski definition) is 2. The molecule has 130 valence electrons. The highest BCUT2D eigenvalue weighted by Crippen LogP contribution is 2.16. The molecule has 2 atom stereocenters. The zero-order valence-corrected chi connectivity index (χ0v) is 13.9. The van der Waals surface area contributed by atoms with Gasteiger partial charge in [-0.15, -0.1) is 0 Å². The molecule has 0 spiro atoms. The van der Waals surface area contributed by atoms with Crippen LogP contribution < -0.4 is 10.6 Å². The maximum Gasteiger partial charge on any atom is 0.315 e. The Labute approximate surface area is 143 Å². The summed E-state index contributed by atoms with van der Waals surface area (Å²) >= 11 is 0. The zero-order chi connectivity index (χ0) is 17.2. The van der Waals surface area contributed by atoms with Gasteiger partial charge in [0.05, 0.1) is 0 Å². The summed E-state index contributed by atoms with van der Waals surface area (Å²) in [6.45, 7) is 0.660. The molecule has 0 heterocycles. The zero-order valence-electron chi connectivity index (χ0n) is 13.9. The van der Waals surface area contributed by atoms with Crippen molar-refractivity contribution in [1.29, 1.82) is 0 Å². The lowest BCUT2D eigenvalue weighted by Gasteiger charge is -2.21. The van der Waals surface area contributed by atoms with E-state index in [0.717, 1.165) is 24.8 Å². The SMILES string of the molecule is O=C(O)CCC(Cc1ccccc1)NC(=O)NCC1CC=CCC1. The molecule has 1 aliphatic rings. The minimum Gasteiger partial charge on any atom is -0.481 e. The predicted molar refractivity (Wildman–Crippen MR) is 93.8 cm³/mol. The maximum absolute atomic E-state index is 12.1. The molecule has 0 aliphatic heterocycles. The average molecular weight is 330 g/mol. The Hall–Kier alpha value is -2.30. The van der Waals surface area contributed by atoms with Gasteiger partial charge in [0.1, 0.15) is 0 Å². The molecule has 5 nitrogen and oxygen atoms in total. The summed E-state index contributed by atoms with van der Waals surface area (Å²) in [4.78, 5) is 23.0. The third-order valence-corrected chi connectivity index (χ3v) is 4.30. The first-order valence-electron chi connectivity index (χ1n) is 8.58. The number of benzene rings is 1. The number of rotatable bonds is 8. The van der Waals surface area contributed by atoms with Crippen LogP contribution in [0.4, 0.5) is 4.79 Å². The van der Waals surface area contributed by atoms with E-state index in [-0.39, 0.29) is 18.5 Å². The van der Waals surface area contributed by atoms with E-state index in [2.05, 4.69) is 22.8 Å². The number of nitrogens with one attached hydrogen (secondary N) is 2. The number of amides is 2. The molecule has 1 aromatic carbocycles. The van der Waals surface area contributed by atoms with E-state index in [0.29, 0.717) is 25.3 Å². The van der Waals surface area contributed by atoms with E-state index in [4.69, 9.17) is 5.11 Å². The van der Waals surface area contributed by atoms with Crippen molar-refractivity contribution in [2.75, 3.05) is 6.54 Å². The molecule has 0 saturated heterocycles. The predicted octanol–water partition coefficient (Wildman–Crippen LogP) is 3.12.